The molecule has 2 rings (SSSR count). The first-order chi connectivity index (χ1) is 7.58. The summed E-state index contributed by atoms with van der Waals surface area (Å²) in [4.78, 5) is 13.2. The van der Waals surface area contributed by atoms with Crippen molar-refractivity contribution in [2.45, 2.75) is 26.4 Å². The third-order valence-corrected chi connectivity index (χ3v) is 3.11. The third-order valence-electron chi connectivity index (χ3n) is 3.11. The highest BCUT2D eigenvalue weighted by molar-refractivity contribution is 5.91. The summed E-state index contributed by atoms with van der Waals surface area (Å²) in [5.74, 6) is 1.30. The van der Waals surface area contributed by atoms with Crippen LogP contribution >= 0.6 is 0 Å². The molecule has 0 radical (unpaired) electrons. The Kier molecular flexibility index (Phi) is 3.01. The van der Waals surface area contributed by atoms with E-state index in [4.69, 9.17) is 4.42 Å². The molecular formula is C12H17NO3. The van der Waals surface area contributed by atoms with Crippen molar-refractivity contribution < 1.29 is 14.3 Å². The van der Waals surface area contributed by atoms with Gasteiger partial charge in [-0.05, 0) is 18.4 Å². The predicted octanol–water partition coefficient (Wildman–Crippen LogP) is 1.69. The van der Waals surface area contributed by atoms with Crippen LogP contribution in [0.15, 0.2) is 16.5 Å². The molecule has 4 heteroatoms. The zero-order valence-electron chi connectivity index (χ0n) is 9.64. The summed E-state index contributed by atoms with van der Waals surface area (Å²) in [6.07, 6.45) is 0.524. The Morgan fingerprint density at radius 2 is 2.31 bits per heavy atom. The number of aliphatic hydroxyl groups excluding tert-OH is 1. The summed E-state index contributed by atoms with van der Waals surface area (Å²) in [6, 6.07) is 3.52. The number of carbonyl (C=O) groups is 1. The van der Waals surface area contributed by atoms with Crippen molar-refractivity contribution >= 4 is 11.7 Å². The first kappa shape index (κ1) is 11.2. The quantitative estimate of drug-likeness (QED) is 0.775. The van der Waals surface area contributed by atoms with Crippen LogP contribution in [0, 0.1) is 5.92 Å². The lowest BCUT2D eigenvalue weighted by Gasteiger charge is -2.34. The Morgan fingerprint density at radius 1 is 1.56 bits per heavy atom. The molecule has 1 aliphatic rings. The monoisotopic (exact) mass is 223 g/mol. The summed E-state index contributed by atoms with van der Waals surface area (Å²) in [6.45, 7) is 5.05. The van der Waals surface area contributed by atoms with Crippen molar-refractivity contribution in [3.63, 3.8) is 0 Å². The minimum atomic E-state index is -0.224. The summed E-state index contributed by atoms with van der Waals surface area (Å²) < 4.78 is 5.46. The Hall–Kier alpha value is -1.29. The van der Waals surface area contributed by atoms with Gasteiger partial charge in [0.2, 0.25) is 0 Å². The van der Waals surface area contributed by atoms with Crippen LogP contribution in [0.1, 0.15) is 30.8 Å². The van der Waals surface area contributed by atoms with Gasteiger partial charge in [0, 0.05) is 26.1 Å². The highest BCUT2D eigenvalue weighted by atomic mass is 16.4. The van der Waals surface area contributed by atoms with Crippen LogP contribution in [0.4, 0.5) is 5.88 Å². The van der Waals surface area contributed by atoms with Gasteiger partial charge in [-0.25, -0.2) is 0 Å². The molecule has 1 saturated heterocycles. The molecule has 1 N–H and O–H groups in total. The molecule has 16 heavy (non-hydrogen) atoms. The molecule has 1 aromatic heterocycles. The molecule has 2 unspecified atom stereocenters. The van der Waals surface area contributed by atoms with Crippen molar-refractivity contribution in [1.82, 2.24) is 0 Å². The smallest absolute Gasteiger partial charge is 0.196 e. The number of hydrogen-bond donors (Lipinski definition) is 1. The molecule has 1 aliphatic heterocycles. The Labute approximate surface area is 94.9 Å². The zero-order valence-corrected chi connectivity index (χ0v) is 9.64. The van der Waals surface area contributed by atoms with Gasteiger partial charge >= 0.3 is 0 Å². The molecule has 0 amide bonds. The van der Waals surface area contributed by atoms with Crippen LogP contribution in [-0.4, -0.2) is 30.1 Å². The normalized spacial score (nSPS) is 25.8. The fourth-order valence-electron chi connectivity index (χ4n) is 2.02. The number of rotatable bonds is 2. The predicted molar refractivity (Wildman–Crippen MR) is 60.7 cm³/mol. The molecule has 1 aromatic rings. The third kappa shape index (κ3) is 2.11. The lowest BCUT2D eigenvalue weighted by atomic mass is 9.97. The van der Waals surface area contributed by atoms with E-state index in [1.807, 2.05) is 13.0 Å². The molecule has 0 aromatic carbocycles. The molecule has 2 atom stereocenters. The Morgan fingerprint density at radius 3 is 2.88 bits per heavy atom. The molecule has 4 nitrogen and oxygen atoms in total. The van der Waals surface area contributed by atoms with Gasteiger partial charge in [-0.2, -0.15) is 0 Å². The van der Waals surface area contributed by atoms with Gasteiger partial charge in [0.25, 0.3) is 0 Å². The fourth-order valence-corrected chi connectivity index (χ4v) is 2.02. The van der Waals surface area contributed by atoms with E-state index in [1.165, 1.54) is 6.92 Å². The maximum absolute atomic E-state index is 11.1. The van der Waals surface area contributed by atoms with Crippen LogP contribution in [0.25, 0.3) is 0 Å². The van der Waals surface area contributed by atoms with E-state index < -0.39 is 0 Å². The van der Waals surface area contributed by atoms with E-state index >= 15 is 0 Å². The summed E-state index contributed by atoms with van der Waals surface area (Å²) in [7, 11) is 0. The fraction of sp³-hybridized carbons (Fsp3) is 0.583. The first-order valence-electron chi connectivity index (χ1n) is 5.61. The summed E-state index contributed by atoms with van der Waals surface area (Å²) >= 11 is 0. The number of Topliss-reactive ketones (excluding diaryl/α,β-unsaturated/α-hetero) is 1. The first-order valence-corrected chi connectivity index (χ1v) is 5.61. The number of aliphatic hydroxyl groups is 1. The van der Waals surface area contributed by atoms with Crippen molar-refractivity contribution in [2.75, 3.05) is 18.0 Å². The zero-order chi connectivity index (χ0) is 11.7. The lowest BCUT2D eigenvalue weighted by Crippen LogP contribution is -2.41. The maximum Gasteiger partial charge on any atom is 0.196 e. The average Bonchev–Trinajstić information content (AvgIpc) is 2.71. The van der Waals surface area contributed by atoms with E-state index in [0.29, 0.717) is 5.76 Å². The van der Waals surface area contributed by atoms with Crippen LogP contribution in [-0.2, 0) is 0 Å². The highest BCUT2D eigenvalue weighted by Crippen LogP contribution is 2.25. The maximum atomic E-state index is 11.1. The van der Waals surface area contributed by atoms with Gasteiger partial charge in [0.1, 0.15) is 0 Å². The second-order valence-corrected chi connectivity index (χ2v) is 4.47. The standard InChI is InChI=1S/C12H17NO3/c1-8-7-13(6-5-10(8)15)12-4-3-11(16-12)9(2)14/h3-4,8,10,15H,5-7H2,1-2H3. The minimum absolute atomic E-state index is 0.0589. The highest BCUT2D eigenvalue weighted by Gasteiger charge is 2.25. The number of furan rings is 1. The van der Waals surface area contributed by atoms with Gasteiger partial charge in [-0.15, -0.1) is 0 Å². The number of carbonyl (C=O) groups excluding carboxylic acids is 1. The van der Waals surface area contributed by atoms with Crippen molar-refractivity contribution in [3.05, 3.63) is 17.9 Å². The topological polar surface area (TPSA) is 53.7 Å². The van der Waals surface area contributed by atoms with E-state index in [-0.39, 0.29) is 17.8 Å². The molecule has 0 saturated carbocycles. The summed E-state index contributed by atoms with van der Waals surface area (Å²) in [5.41, 5.74) is 0. The van der Waals surface area contributed by atoms with Gasteiger partial charge in [0.05, 0.1) is 6.10 Å². The van der Waals surface area contributed by atoms with E-state index in [1.54, 1.807) is 6.07 Å². The van der Waals surface area contributed by atoms with Gasteiger partial charge in [-0.1, -0.05) is 6.92 Å². The molecule has 0 spiro atoms. The van der Waals surface area contributed by atoms with Crippen LogP contribution in [0.3, 0.4) is 0 Å². The number of hydrogen-bond acceptors (Lipinski definition) is 4. The summed E-state index contributed by atoms with van der Waals surface area (Å²) in [5, 5.41) is 9.62. The Bertz CT molecular complexity index is 385. The number of anilines is 1. The number of piperidine rings is 1. The van der Waals surface area contributed by atoms with E-state index in [9.17, 15) is 9.90 Å². The number of ketones is 1. The van der Waals surface area contributed by atoms with Gasteiger partial charge in [0.15, 0.2) is 17.4 Å². The molecule has 0 aliphatic carbocycles. The van der Waals surface area contributed by atoms with Crippen LogP contribution < -0.4 is 4.90 Å². The molecular weight excluding hydrogens is 206 g/mol. The SMILES string of the molecule is CC(=O)c1ccc(N2CCC(O)C(C)C2)o1. The number of nitrogens with zero attached hydrogens (tertiary/aromatic N) is 1. The van der Waals surface area contributed by atoms with E-state index in [2.05, 4.69) is 4.90 Å². The second-order valence-electron chi connectivity index (χ2n) is 4.47. The molecule has 2 heterocycles. The van der Waals surface area contributed by atoms with Gasteiger partial charge < -0.3 is 14.4 Å². The van der Waals surface area contributed by atoms with Gasteiger partial charge in [-0.3, -0.25) is 4.79 Å². The molecule has 0 bridgehead atoms. The Balaban J connectivity index is 2.09. The lowest BCUT2D eigenvalue weighted by molar-refractivity contribution is 0.0945. The van der Waals surface area contributed by atoms with Crippen LogP contribution in [0.2, 0.25) is 0 Å². The van der Waals surface area contributed by atoms with Crippen LogP contribution in [0.5, 0.6) is 0 Å². The molecule has 88 valence electrons. The molecule has 1 fully saturated rings. The minimum Gasteiger partial charge on any atom is -0.437 e. The average molecular weight is 223 g/mol. The van der Waals surface area contributed by atoms with Crippen molar-refractivity contribution in [3.8, 4) is 0 Å². The van der Waals surface area contributed by atoms with Crippen molar-refractivity contribution in [1.29, 1.82) is 0 Å². The van der Waals surface area contributed by atoms with E-state index in [0.717, 1.165) is 25.4 Å². The second kappa shape index (κ2) is 4.29. The van der Waals surface area contributed by atoms with Crippen molar-refractivity contribution in [2.24, 2.45) is 5.92 Å². The largest absolute Gasteiger partial charge is 0.437 e.